The summed E-state index contributed by atoms with van der Waals surface area (Å²) in [5.74, 6) is -0.524. The van der Waals surface area contributed by atoms with Crippen molar-refractivity contribution in [2.24, 2.45) is 0 Å². The van der Waals surface area contributed by atoms with Crippen LogP contribution in [0.15, 0.2) is 66.7 Å². The number of β-amino-alcohol motifs (C(OH)–C–C–N with tert-alkyl or cyclic N) is 1. The molecule has 2 N–H and O–H groups in total. The molecule has 1 aliphatic heterocycles. The molecule has 3 aromatic carbocycles. The first-order valence-electron chi connectivity index (χ1n) is 12.8. The highest BCUT2D eigenvalue weighted by Gasteiger charge is 2.26. The predicted octanol–water partition coefficient (Wildman–Crippen LogP) is 5.52. The minimum Gasteiger partial charge on any atom is -0.392 e. The predicted molar refractivity (Wildman–Crippen MR) is 153 cm³/mol. The van der Waals surface area contributed by atoms with Crippen molar-refractivity contribution in [1.82, 2.24) is 9.80 Å². The van der Waals surface area contributed by atoms with Gasteiger partial charge in [-0.05, 0) is 60.4 Å². The first kappa shape index (κ1) is 28.6. The van der Waals surface area contributed by atoms with Crippen LogP contribution in [0.1, 0.15) is 36.9 Å². The van der Waals surface area contributed by atoms with Gasteiger partial charge >= 0.3 is 0 Å². The third-order valence-corrected chi connectivity index (χ3v) is 7.29. The summed E-state index contributed by atoms with van der Waals surface area (Å²) in [6.07, 6.45) is 0.562. The number of aliphatic hydroxyl groups excluding tert-OH is 1. The van der Waals surface area contributed by atoms with Gasteiger partial charge in [0.2, 0.25) is 11.8 Å². The molecule has 1 aliphatic rings. The van der Waals surface area contributed by atoms with Gasteiger partial charge in [0, 0.05) is 41.8 Å². The van der Waals surface area contributed by atoms with Crippen molar-refractivity contribution < 1.29 is 14.7 Å². The van der Waals surface area contributed by atoms with Gasteiger partial charge < -0.3 is 20.2 Å². The second kappa shape index (κ2) is 13.1. The molecule has 0 aliphatic carbocycles. The van der Waals surface area contributed by atoms with E-state index in [0.717, 1.165) is 23.2 Å². The first-order chi connectivity index (χ1) is 18.7. The van der Waals surface area contributed by atoms with Crippen LogP contribution in [0.4, 0.5) is 5.69 Å². The number of halogens is 2. The number of benzene rings is 3. The highest BCUT2D eigenvalue weighted by atomic mass is 35.5. The molecule has 1 heterocycles. The van der Waals surface area contributed by atoms with Crippen LogP contribution < -0.4 is 5.32 Å². The maximum Gasteiger partial charge on any atom is 0.244 e. The largest absolute Gasteiger partial charge is 0.392 e. The quantitative estimate of drug-likeness (QED) is 0.357. The fourth-order valence-electron chi connectivity index (χ4n) is 4.74. The van der Waals surface area contributed by atoms with Crippen molar-refractivity contribution in [2.45, 2.75) is 31.9 Å². The van der Waals surface area contributed by atoms with Crippen molar-refractivity contribution in [3.8, 4) is 17.2 Å². The van der Waals surface area contributed by atoms with Gasteiger partial charge in [-0.25, -0.2) is 0 Å². The summed E-state index contributed by atoms with van der Waals surface area (Å²) < 4.78 is 0. The maximum absolute atomic E-state index is 13.4. The number of likely N-dealkylation sites (tertiary alicyclic amines) is 1. The number of hydrogen-bond donors (Lipinski definition) is 2. The topological polar surface area (TPSA) is 96.7 Å². The number of nitriles is 1. The molecule has 7 nitrogen and oxygen atoms in total. The Kier molecular flexibility index (Phi) is 9.60. The summed E-state index contributed by atoms with van der Waals surface area (Å²) in [6.45, 7) is 3.55. The fourth-order valence-corrected chi connectivity index (χ4v) is 5.26. The normalized spacial score (nSPS) is 15.9. The zero-order chi connectivity index (χ0) is 27.9. The van der Waals surface area contributed by atoms with E-state index in [4.69, 9.17) is 23.2 Å². The van der Waals surface area contributed by atoms with E-state index in [9.17, 15) is 20.0 Å². The van der Waals surface area contributed by atoms with E-state index in [1.54, 1.807) is 29.2 Å². The van der Waals surface area contributed by atoms with E-state index in [1.165, 1.54) is 0 Å². The van der Waals surface area contributed by atoms with Gasteiger partial charge in [0.1, 0.15) is 6.54 Å². The molecule has 202 valence electrons. The average Bonchev–Trinajstić information content (AvgIpc) is 3.34. The number of nitrogens with zero attached hydrogens (tertiary/aromatic N) is 3. The Labute approximate surface area is 238 Å². The second-order valence-electron chi connectivity index (χ2n) is 9.71. The highest BCUT2D eigenvalue weighted by molar-refractivity contribution is 6.35. The molecule has 39 heavy (non-hydrogen) atoms. The Morgan fingerprint density at radius 3 is 2.46 bits per heavy atom. The molecule has 0 aromatic heterocycles. The number of nitrogens with one attached hydrogen (secondary N) is 1. The standard InChI is InChI=1S/C30H30Cl2N4O3/c1-20(22-5-7-23(8-6-22)24-4-2-3-21(13-24)17-33)36(30(39)10-12-35-11-9-28(37)18-35)19-29(38)34-27-15-25(31)14-26(32)16-27/h2-8,13-16,20,28,37H,9-12,18-19H2,1H3,(H,34,38)/t20-,28-/m0/s1. The average molecular weight is 566 g/mol. The summed E-state index contributed by atoms with van der Waals surface area (Å²) in [5.41, 5.74) is 3.78. The van der Waals surface area contributed by atoms with Gasteiger partial charge in [0.05, 0.1) is 23.8 Å². The number of carbonyl (C=O) groups excluding carboxylic acids is 2. The van der Waals surface area contributed by atoms with Crippen LogP contribution in [-0.2, 0) is 9.59 Å². The molecule has 1 fully saturated rings. The van der Waals surface area contributed by atoms with Gasteiger partial charge in [-0.1, -0.05) is 59.6 Å². The van der Waals surface area contributed by atoms with Crippen molar-refractivity contribution in [3.05, 3.63) is 87.9 Å². The van der Waals surface area contributed by atoms with Crippen LogP contribution >= 0.6 is 23.2 Å². The van der Waals surface area contributed by atoms with Crippen LogP contribution in [0.2, 0.25) is 10.0 Å². The SMILES string of the molecule is C[C@@H](c1ccc(-c2cccc(C#N)c2)cc1)N(CC(=O)Nc1cc(Cl)cc(Cl)c1)C(=O)CCN1CC[C@H](O)C1. The Bertz CT molecular complexity index is 1350. The van der Waals surface area contributed by atoms with Crippen LogP contribution in [-0.4, -0.2) is 59.0 Å². The summed E-state index contributed by atoms with van der Waals surface area (Å²) in [4.78, 5) is 30.1. The summed E-state index contributed by atoms with van der Waals surface area (Å²) in [6, 6.07) is 21.7. The van der Waals surface area contributed by atoms with E-state index in [-0.39, 0.29) is 36.9 Å². The lowest BCUT2D eigenvalue weighted by Crippen LogP contribution is -2.41. The van der Waals surface area contributed by atoms with E-state index < -0.39 is 0 Å². The fraction of sp³-hybridized carbons (Fsp3) is 0.300. The molecule has 9 heteroatoms. The maximum atomic E-state index is 13.4. The van der Waals surface area contributed by atoms with Gasteiger partial charge in [-0.3, -0.25) is 9.59 Å². The van der Waals surface area contributed by atoms with Gasteiger partial charge in [0.15, 0.2) is 0 Å². The summed E-state index contributed by atoms with van der Waals surface area (Å²) in [7, 11) is 0. The molecule has 2 atom stereocenters. The monoisotopic (exact) mass is 564 g/mol. The van der Waals surface area contributed by atoms with E-state index in [1.807, 2.05) is 49.4 Å². The Balaban J connectivity index is 1.51. The molecule has 4 rings (SSSR count). The third-order valence-electron chi connectivity index (χ3n) is 6.86. The minimum absolute atomic E-state index is 0.154. The molecule has 1 saturated heterocycles. The lowest BCUT2D eigenvalue weighted by molar-refractivity contribution is -0.137. The molecule has 2 amide bonds. The first-order valence-corrected chi connectivity index (χ1v) is 13.5. The van der Waals surface area contributed by atoms with Crippen molar-refractivity contribution in [2.75, 3.05) is 31.5 Å². The van der Waals surface area contributed by atoms with E-state index in [0.29, 0.717) is 40.8 Å². The smallest absolute Gasteiger partial charge is 0.244 e. The Hall–Kier alpha value is -3.41. The molecular formula is C30H30Cl2N4O3. The number of amides is 2. The molecule has 0 saturated carbocycles. The van der Waals surface area contributed by atoms with Crippen LogP contribution in [0.5, 0.6) is 0 Å². The zero-order valence-corrected chi connectivity index (χ0v) is 23.1. The van der Waals surface area contributed by atoms with Gasteiger partial charge in [0.25, 0.3) is 0 Å². The minimum atomic E-state index is -0.380. The van der Waals surface area contributed by atoms with E-state index >= 15 is 0 Å². The molecular weight excluding hydrogens is 535 g/mol. The number of rotatable bonds is 9. The van der Waals surface area contributed by atoms with Gasteiger partial charge in [-0.15, -0.1) is 0 Å². The number of hydrogen-bond acceptors (Lipinski definition) is 5. The summed E-state index contributed by atoms with van der Waals surface area (Å²) in [5, 5.41) is 22.6. The lowest BCUT2D eigenvalue weighted by Gasteiger charge is -2.30. The number of carbonyl (C=O) groups is 2. The third kappa shape index (κ3) is 7.81. The summed E-state index contributed by atoms with van der Waals surface area (Å²) >= 11 is 12.1. The van der Waals surface area contributed by atoms with Crippen LogP contribution in [0.3, 0.4) is 0 Å². The van der Waals surface area contributed by atoms with Crippen molar-refractivity contribution in [1.29, 1.82) is 5.26 Å². The number of anilines is 1. The molecule has 0 unspecified atom stereocenters. The molecule has 0 radical (unpaired) electrons. The van der Waals surface area contributed by atoms with Crippen molar-refractivity contribution in [3.63, 3.8) is 0 Å². The van der Waals surface area contributed by atoms with Crippen LogP contribution in [0.25, 0.3) is 11.1 Å². The zero-order valence-electron chi connectivity index (χ0n) is 21.6. The second-order valence-corrected chi connectivity index (χ2v) is 10.6. The van der Waals surface area contributed by atoms with E-state index in [2.05, 4.69) is 16.3 Å². The lowest BCUT2D eigenvalue weighted by atomic mass is 9.99. The Morgan fingerprint density at radius 1 is 1.10 bits per heavy atom. The molecule has 0 bridgehead atoms. The van der Waals surface area contributed by atoms with Crippen LogP contribution in [0, 0.1) is 11.3 Å². The van der Waals surface area contributed by atoms with Gasteiger partial charge in [-0.2, -0.15) is 5.26 Å². The molecule has 0 spiro atoms. The Morgan fingerprint density at radius 2 is 1.82 bits per heavy atom. The molecule has 3 aromatic rings. The number of aliphatic hydroxyl groups is 1. The highest BCUT2D eigenvalue weighted by Crippen LogP contribution is 2.27. The van der Waals surface area contributed by atoms with Crippen molar-refractivity contribution >= 4 is 40.7 Å².